The molecule has 3 nitrogen and oxygen atoms in total. The first-order chi connectivity index (χ1) is 9.90. The van der Waals surface area contributed by atoms with E-state index in [1.54, 1.807) is 24.9 Å². The van der Waals surface area contributed by atoms with E-state index in [1.165, 1.54) is 11.1 Å². The number of aromatic nitrogens is 1. The lowest BCUT2D eigenvalue weighted by Crippen LogP contribution is -2.10. The number of anilines is 1. The first-order valence-electron chi connectivity index (χ1n) is 6.93. The van der Waals surface area contributed by atoms with Crippen LogP contribution in [0.4, 0.5) is 5.82 Å². The van der Waals surface area contributed by atoms with Gasteiger partial charge < -0.3 is 10.5 Å². The van der Waals surface area contributed by atoms with Crippen molar-refractivity contribution in [3.8, 4) is 5.88 Å². The molecular formula is C17H22N2OS. The van der Waals surface area contributed by atoms with Crippen LogP contribution in [0.15, 0.2) is 41.3 Å². The van der Waals surface area contributed by atoms with Crippen LogP contribution in [0.5, 0.6) is 5.88 Å². The molecular weight excluding hydrogens is 280 g/mol. The molecule has 0 radical (unpaired) electrons. The molecule has 4 heteroatoms. The topological polar surface area (TPSA) is 48.1 Å². The Kier molecular flexibility index (Phi) is 4.78. The van der Waals surface area contributed by atoms with Crippen molar-refractivity contribution in [3.63, 3.8) is 0 Å². The summed E-state index contributed by atoms with van der Waals surface area (Å²) in [5.74, 6) is 1.95. The molecule has 0 fully saturated rings. The number of ether oxygens (including phenoxy) is 1. The predicted octanol–water partition coefficient (Wildman–Crippen LogP) is 4.26. The smallest absolute Gasteiger partial charge is 0.229 e. The summed E-state index contributed by atoms with van der Waals surface area (Å²) in [6, 6.07) is 12.5. The Balaban J connectivity index is 2.07. The average molecular weight is 302 g/mol. The highest BCUT2D eigenvalue weighted by molar-refractivity contribution is 7.98. The van der Waals surface area contributed by atoms with E-state index in [4.69, 9.17) is 10.5 Å². The fraction of sp³-hybridized carbons (Fsp3) is 0.353. The van der Waals surface area contributed by atoms with Gasteiger partial charge in [0.15, 0.2) is 0 Å². The van der Waals surface area contributed by atoms with Gasteiger partial charge in [-0.15, -0.1) is 11.8 Å². The molecule has 2 rings (SSSR count). The fourth-order valence-electron chi connectivity index (χ4n) is 1.96. The summed E-state index contributed by atoms with van der Waals surface area (Å²) in [4.78, 5) is 5.19. The van der Waals surface area contributed by atoms with Crippen molar-refractivity contribution < 1.29 is 4.74 Å². The summed E-state index contributed by atoms with van der Waals surface area (Å²) >= 11 is 1.70. The first-order valence-corrected chi connectivity index (χ1v) is 7.91. The van der Waals surface area contributed by atoms with E-state index < -0.39 is 0 Å². The lowest BCUT2D eigenvalue weighted by Gasteiger charge is -2.19. The summed E-state index contributed by atoms with van der Waals surface area (Å²) in [5.41, 5.74) is 8.49. The van der Waals surface area contributed by atoms with E-state index in [-0.39, 0.29) is 5.41 Å². The van der Waals surface area contributed by atoms with E-state index in [9.17, 15) is 0 Å². The molecule has 2 aromatic rings. The highest BCUT2D eigenvalue weighted by Gasteiger charge is 2.13. The summed E-state index contributed by atoms with van der Waals surface area (Å²) in [6.07, 6.45) is 0. The van der Waals surface area contributed by atoms with Gasteiger partial charge in [-0.3, -0.25) is 0 Å². The Morgan fingerprint density at radius 3 is 2.33 bits per heavy atom. The SMILES string of the molecule is COc1nc(N)ccc1SCc1ccc(C(C)(C)C)cc1. The number of nitrogens with zero attached hydrogens (tertiary/aromatic N) is 1. The predicted molar refractivity (Wildman–Crippen MR) is 89.9 cm³/mol. The van der Waals surface area contributed by atoms with Gasteiger partial charge in [0.2, 0.25) is 5.88 Å². The van der Waals surface area contributed by atoms with Crippen LogP contribution in [0.3, 0.4) is 0 Å². The van der Waals surface area contributed by atoms with Crippen LogP contribution >= 0.6 is 11.8 Å². The van der Waals surface area contributed by atoms with Gasteiger partial charge in [0.05, 0.1) is 12.0 Å². The van der Waals surface area contributed by atoms with Crippen LogP contribution < -0.4 is 10.5 Å². The maximum absolute atomic E-state index is 5.67. The molecule has 0 atom stereocenters. The number of rotatable bonds is 4. The molecule has 0 bridgehead atoms. The van der Waals surface area contributed by atoms with Crippen molar-refractivity contribution in [3.05, 3.63) is 47.5 Å². The van der Waals surface area contributed by atoms with Crippen molar-refractivity contribution in [2.45, 2.75) is 36.8 Å². The van der Waals surface area contributed by atoms with Gasteiger partial charge in [0, 0.05) is 5.75 Å². The second-order valence-electron chi connectivity index (χ2n) is 5.98. The number of pyridine rings is 1. The zero-order chi connectivity index (χ0) is 15.5. The lowest BCUT2D eigenvalue weighted by atomic mass is 9.87. The molecule has 2 N–H and O–H groups in total. The third-order valence-corrected chi connectivity index (χ3v) is 4.35. The van der Waals surface area contributed by atoms with Gasteiger partial charge in [0.1, 0.15) is 5.82 Å². The van der Waals surface area contributed by atoms with Crippen LogP contribution in [0.2, 0.25) is 0 Å². The minimum atomic E-state index is 0.190. The van der Waals surface area contributed by atoms with Crippen molar-refractivity contribution in [2.24, 2.45) is 0 Å². The van der Waals surface area contributed by atoms with Gasteiger partial charge in [-0.25, -0.2) is 0 Å². The van der Waals surface area contributed by atoms with Crippen molar-refractivity contribution in [1.82, 2.24) is 4.98 Å². The Morgan fingerprint density at radius 2 is 1.76 bits per heavy atom. The maximum atomic E-state index is 5.67. The van der Waals surface area contributed by atoms with E-state index in [1.807, 2.05) is 6.07 Å². The summed E-state index contributed by atoms with van der Waals surface area (Å²) in [7, 11) is 1.62. The largest absolute Gasteiger partial charge is 0.480 e. The van der Waals surface area contributed by atoms with Gasteiger partial charge in [-0.2, -0.15) is 4.98 Å². The normalized spacial score (nSPS) is 11.4. The Morgan fingerprint density at radius 1 is 1.10 bits per heavy atom. The molecule has 0 aliphatic heterocycles. The third kappa shape index (κ3) is 4.14. The van der Waals surface area contributed by atoms with Gasteiger partial charge in [0.25, 0.3) is 0 Å². The van der Waals surface area contributed by atoms with Crippen LogP contribution in [0.1, 0.15) is 31.9 Å². The third-order valence-electron chi connectivity index (χ3n) is 3.25. The number of thioether (sulfide) groups is 1. The van der Waals surface area contributed by atoms with Gasteiger partial charge in [-0.1, -0.05) is 45.0 Å². The number of hydrogen-bond acceptors (Lipinski definition) is 4. The zero-order valence-electron chi connectivity index (χ0n) is 13.0. The monoisotopic (exact) mass is 302 g/mol. The number of hydrogen-bond donors (Lipinski definition) is 1. The van der Waals surface area contributed by atoms with Gasteiger partial charge in [-0.05, 0) is 28.7 Å². The summed E-state index contributed by atoms with van der Waals surface area (Å²) in [6.45, 7) is 6.67. The summed E-state index contributed by atoms with van der Waals surface area (Å²) in [5, 5.41) is 0. The molecule has 1 heterocycles. The van der Waals surface area contributed by atoms with E-state index in [0.29, 0.717) is 11.7 Å². The van der Waals surface area contributed by atoms with Crippen LogP contribution in [0.25, 0.3) is 0 Å². The number of methoxy groups -OCH3 is 1. The quantitative estimate of drug-likeness (QED) is 0.857. The Hall–Kier alpha value is -1.68. The highest BCUT2D eigenvalue weighted by atomic mass is 32.2. The molecule has 1 aromatic carbocycles. The molecule has 21 heavy (non-hydrogen) atoms. The first kappa shape index (κ1) is 15.7. The van der Waals surface area contributed by atoms with Crippen LogP contribution in [0, 0.1) is 0 Å². The summed E-state index contributed by atoms with van der Waals surface area (Å²) < 4.78 is 5.27. The van der Waals surface area contributed by atoms with Crippen LogP contribution in [-0.4, -0.2) is 12.1 Å². The van der Waals surface area contributed by atoms with Crippen molar-refractivity contribution in [2.75, 3.05) is 12.8 Å². The molecule has 0 saturated carbocycles. The molecule has 0 spiro atoms. The fourth-order valence-corrected chi connectivity index (χ4v) is 2.89. The zero-order valence-corrected chi connectivity index (χ0v) is 13.8. The second-order valence-corrected chi connectivity index (χ2v) is 7.00. The number of nitrogens with two attached hydrogens (primary N) is 1. The maximum Gasteiger partial charge on any atom is 0.229 e. The van der Waals surface area contributed by atoms with Gasteiger partial charge >= 0.3 is 0 Å². The second kappa shape index (κ2) is 6.39. The molecule has 112 valence electrons. The highest BCUT2D eigenvalue weighted by Crippen LogP contribution is 2.31. The molecule has 0 amide bonds. The van der Waals surface area contributed by atoms with Crippen molar-refractivity contribution >= 4 is 17.6 Å². The van der Waals surface area contributed by atoms with E-state index in [2.05, 4.69) is 50.0 Å². The minimum absolute atomic E-state index is 0.190. The lowest BCUT2D eigenvalue weighted by molar-refractivity contribution is 0.388. The van der Waals surface area contributed by atoms with Crippen molar-refractivity contribution in [1.29, 1.82) is 0 Å². The van der Waals surface area contributed by atoms with E-state index >= 15 is 0 Å². The number of benzene rings is 1. The Labute approximate surface area is 130 Å². The minimum Gasteiger partial charge on any atom is -0.480 e. The molecule has 0 aliphatic rings. The number of nitrogen functional groups attached to an aromatic ring is 1. The molecule has 0 saturated heterocycles. The molecule has 0 aliphatic carbocycles. The standard InChI is InChI=1S/C17H22N2OS/c1-17(2,3)13-7-5-12(6-8-13)11-21-14-9-10-15(18)19-16(14)20-4/h5-10H,11H2,1-4H3,(H2,18,19). The Bertz CT molecular complexity index is 603. The van der Waals surface area contributed by atoms with E-state index in [0.717, 1.165) is 10.6 Å². The molecule has 1 aromatic heterocycles. The van der Waals surface area contributed by atoms with Crippen LogP contribution in [-0.2, 0) is 11.2 Å². The average Bonchev–Trinajstić information content (AvgIpc) is 2.45. The molecule has 0 unspecified atom stereocenters.